The summed E-state index contributed by atoms with van der Waals surface area (Å²) in [6.45, 7) is 4.26. The van der Waals surface area contributed by atoms with Gasteiger partial charge in [-0.05, 0) is 6.92 Å². The van der Waals surface area contributed by atoms with Crippen molar-refractivity contribution < 1.29 is 0 Å². The number of nitrogens with one attached hydrogen (secondary N) is 1. The molecule has 2 unspecified atom stereocenters. The van der Waals surface area contributed by atoms with Crippen LogP contribution in [0.4, 0.5) is 0 Å². The van der Waals surface area contributed by atoms with Gasteiger partial charge in [0, 0.05) is 5.92 Å². The van der Waals surface area contributed by atoms with E-state index in [1.54, 1.807) is 0 Å². The van der Waals surface area contributed by atoms with E-state index in [1.807, 2.05) is 6.08 Å². The van der Waals surface area contributed by atoms with Crippen LogP contribution in [0.2, 0.25) is 0 Å². The number of hydrogen-bond donors (Lipinski definition) is 2. The fourth-order valence-corrected chi connectivity index (χ4v) is 1.68. The summed E-state index contributed by atoms with van der Waals surface area (Å²) >= 11 is 8.96. The number of thiol groups is 1. The molecule has 0 heterocycles. The summed E-state index contributed by atoms with van der Waals surface area (Å²) in [6, 6.07) is 0. The minimum Gasteiger partial charge on any atom is -0.362 e. The van der Waals surface area contributed by atoms with Crippen molar-refractivity contribution >= 4 is 29.2 Å². The predicted octanol–water partition coefficient (Wildman–Crippen LogP) is 2.31. The van der Waals surface area contributed by atoms with Crippen molar-refractivity contribution in [2.24, 2.45) is 5.92 Å². The Hall–Kier alpha value is -0.280. The highest BCUT2D eigenvalue weighted by Crippen LogP contribution is 2.23. The third kappa shape index (κ3) is 2.11. The number of rotatable bonds is 1. The molecule has 1 aliphatic rings. The van der Waals surface area contributed by atoms with Crippen LogP contribution in [-0.4, -0.2) is 9.86 Å². The highest BCUT2D eigenvalue weighted by Gasteiger charge is 2.27. The Bertz CT molecular complexity index is 245. The van der Waals surface area contributed by atoms with Gasteiger partial charge in [-0.2, -0.15) is 0 Å². The topological polar surface area (TPSA) is 12.0 Å². The zero-order chi connectivity index (χ0) is 9.19. The van der Waals surface area contributed by atoms with Gasteiger partial charge in [-0.1, -0.05) is 43.4 Å². The Morgan fingerprint density at radius 3 is 2.75 bits per heavy atom. The minimum atomic E-state index is -0.0758. The predicted molar refractivity (Wildman–Crippen MR) is 60.6 cm³/mol. The lowest BCUT2D eigenvalue weighted by Crippen LogP contribution is -2.47. The van der Waals surface area contributed by atoms with Crippen LogP contribution < -0.4 is 5.32 Å². The van der Waals surface area contributed by atoms with Gasteiger partial charge in [0.1, 0.15) is 4.32 Å². The molecule has 0 bridgehead atoms. The summed E-state index contributed by atoms with van der Waals surface area (Å²) < 4.78 is 0.546. The van der Waals surface area contributed by atoms with Gasteiger partial charge < -0.3 is 5.32 Å². The van der Waals surface area contributed by atoms with E-state index in [1.165, 1.54) is 0 Å². The zero-order valence-corrected chi connectivity index (χ0v) is 8.95. The summed E-state index contributed by atoms with van der Waals surface area (Å²) in [4.78, 5) is 0. The SMILES string of the molecule is CC1C=CC=CC1(C)NC(=S)S. The summed E-state index contributed by atoms with van der Waals surface area (Å²) in [6.07, 6.45) is 8.34. The third-order valence-corrected chi connectivity index (χ3v) is 2.49. The van der Waals surface area contributed by atoms with E-state index in [-0.39, 0.29) is 5.54 Å². The fourth-order valence-electron chi connectivity index (χ4n) is 1.22. The van der Waals surface area contributed by atoms with Crippen LogP contribution in [0.15, 0.2) is 24.3 Å². The molecule has 0 amide bonds. The highest BCUT2D eigenvalue weighted by atomic mass is 32.1. The molecule has 1 aliphatic carbocycles. The molecular formula is C9H13NS2. The van der Waals surface area contributed by atoms with Gasteiger partial charge in [0.2, 0.25) is 0 Å². The van der Waals surface area contributed by atoms with Gasteiger partial charge in [-0.3, -0.25) is 0 Å². The molecule has 0 aromatic rings. The molecule has 0 aromatic heterocycles. The summed E-state index contributed by atoms with van der Waals surface area (Å²) in [5.74, 6) is 0.438. The van der Waals surface area contributed by atoms with Crippen LogP contribution in [0.1, 0.15) is 13.8 Å². The van der Waals surface area contributed by atoms with Crippen molar-refractivity contribution in [1.29, 1.82) is 0 Å². The van der Waals surface area contributed by atoms with Gasteiger partial charge >= 0.3 is 0 Å². The second kappa shape index (κ2) is 3.62. The van der Waals surface area contributed by atoms with Crippen LogP contribution in [0.5, 0.6) is 0 Å². The minimum absolute atomic E-state index is 0.0758. The molecule has 0 fully saturated rings. The van der Waals surface area contributed by atoms with Crippen molar-refractivity contribution in [3.05, 3.63) is 24.3 Å². The molecule has 0 aromatic carbocycles. The Kier molecular flexibility index (Phi) is 2.96. The molecule has 0 saturated heterocycles. The Morgan fingerprint density at radius 2 is 2.25 bits per heavy atom. The van der Waals surface area contributed by atoms with E-state index < -0.39 is 0 Å². The first-order valence-corrected chi connectivity index (χ1v) is 4.77. The van der Waals surface area contributed by atoms with Gasteiger partial charge in [0.05, 0.1) is 5.54 Å². The maximum absolute atomic E-state index is 4.90. The standard InChI is InChI=1S/C9H13NS2/c1-7-5-3-4-6-9(7,2)10-8(11)12/h3-7H,1-2H3,(H2,10,11,12). The lowest BCUT2D eigenvalue weighted by Gasteiger charge is -2.34. The van der Waals surface area contributed by atoms with Crippen LogP contribution in [0.3, 0.4) is 0 Å². The average molecular weight is 199 g/mol. The molecule has 1 nitrogen and oxygen atoms in total. The largest absolute Gasteiger partial charge is 0.362 e. The Balaban J connectivity index is 2.76. The van der Waals surface area contributed by atoms with Gasteiger partial charge in [0.25, 0.3) is 0 Å². The van der Waals surface area contributed by atoms with Crippen molar-refractivity contribution in [2.45, 2.75) is 19.4 Å². The molecular weight excluding hydrogens is 186 g/mol. The Morgan fingerprint density at radius 1 is 1.58 bits per heavy atom. The van der Waals surface area contributed by atoms with E-state index in [0.29, 0.717) is 10.2 Å². The van der Waals surface area contributed by atoms with Crippen LogP contribution in [0, 0.1) is 5.92 Å². The second-order valence-corrected chi connectivity index (χ2v) is 4.40. The molecule has 0 saturated carbocycles. The molecule has 0 radical (unpaired) electrons. The molecule has 2 atom stereocenters. The smallest absolute Gasteiger partial charge is 0.131 e. The number of hydrogen-bond acceptors (Lipinski definition) is 1. The van der Waals surface area contributed by atoms with E-state index in [2.05, 4.69) is 50.0 Å². The van der Waals surface area contributed by atoms with E-state index in [4.69, 9.17) is 12.2 Å². The molecule has 1 N–H and O–H groups in total. The summed E-state index contributed by atoms with van der Waals surface area (Å²) in [5, 5.41) is 3.17. The fraction of sp³-hybridized carbons (Fsp3) is 0.444. The van der Waals surface area contributed by atoms with Crippen LogP contribution in [-0.2, 0) is 0 Å². The molecule has 3 heteroatoms. The first kappa shape index (κ1) is 9.81. The monoisotopic (exact) mass is 199 g/mol. The lowest BCUT2D eigenvalue weighted by molar-refractivity contribution is 0.414. The normalized spacial score (nSPS) is 33.4. The summed E-state index contributed by atoms with van der Waals surface area (Å²) in [5.41, 5.74) is -0.0758. The third-order valence-electron chi connectivity index (χ3n) is 2.28. The van der Waals surface area contributed by atoms with Crippen LogP contribution in [0.25, 0.3) is 0 Å². The van der Waals surface area contributed by atoms with E-state index in [0.717, 1.165) is 0 Å². The first-order chi connectivity index (χ1) is 5.54. The maximum atomic E-state index is 4.90. The highest BCUT2D eigenvalue weighted by molar-refractivity contribution is 8.11. The molecule has 12 heavy (non-hydrogen) atoms. The first-order valence-electron chi connectivity index (χ1n) is 3.92. The molecule has 1 rings (SSSR count). The van der Waals surface area contributed by atoms with Gasteiger partial charge in [-0.15, -0.1) is 12.6 Å². The van der Waals surface area contributed by atoms with Crippen molar-refractivity contribution in [3.8, 4) is 0 Å². The van der Waals surface area contributed by atoms with E-state index in [9.17, 15) is 0 Å². The number of thiocarbonyl (C=S) groups is 1. The molecule has 66 valence electrons. The zero-order valence-electron chi connectivity index (χ0n) is 7.24. The average Bonchev–Trinajstić information content (AvgIpc) is 1.94. The number of allylic oxidation sites excluding steroid dienone is 2. The van der Waals surface area contributed by atoms with Gasteiger partial charge in [-0.25, -0.2) is 0 Å². The summed E-state index contributed by atoms with van der Waals surface area (Å²) in [7, 11) is 0. The molecule has 0 spiro atoms. The second-order valence-electron chi connectivity index (χ2n) is 3.25. The maximum Gasteiger partial charge on any atom is 0.131 e. The molecule has 0 aliphatic heterocycles. The van der Waals surface area contributed by atoms with Crippen molar-refractivity contribution in [2.75, 3.05) is 0 Å². The Labute approximate surface area is 84.3 Å². The lowest BCUT2D eigenvalue weighted by atomic mass is 9.84. The quantitative estimate of drug-likeness (QED) is 0.496. The van der Waals surface area contributed by atoms with E-state index >= 15 is 0 Å². The van der Waals surface area contributed by atoms with Crippen LogP contribution >= 0.6 is 24.8 Å². The van der Waals surface area contributed by atoms with Crippen molar-refractivity contribution in [1.82, 2.24) is 5.32 Å². The van der Waals surface area contributed by atoms with Crippen molar-refractivity contribution in [3.63, 3.8) is 0 Å². The van der Waals surface area contributed by atoms with Gasteiger partial charge in [0.15, 0.2) is 0 Å².